The summed E-state index contributed by atoms with van der Waals surface area (Å²) in [5, 5.41) is 3.34. The molecule has 5 heteroatoms. The van der Waals surface area contributed by atoms with Crippen molar-refractivity contribution in [2.24, 2.45) is 0 Å². The number of rotatable bonds is 7. The summed E-state index contributed by atoms with van der Waals surface area (Å²) in [6, 6.07) is 4.07. The molecule has 4 nitrogen and oxygen atoms in total. The molecule has 0 saturated heterocycles. The molecule has 0 aliphatic carbocycles. The molecule has 0 spiro atoms. The van der Waals surface area contributed by atoms with E-state index in [4.69, 9.17) is 14.2 Å². The Labute approximate surface area is 128 Å². The summed E-state index contributed by atoms with van der Waals surface area (Å²) in [4.78, 5) is 0. The second kappa shape index (κ2) is 7.67. The normalized spacial score (nSPS) is 13.3. The fourth-order valence-electron chi connectivity index (χ4n) is 1.89. The van der Waals surface area contributed by atoms with Gasteiger partial charge < -0.3 is 19.5 Å². The molecule has 0 atom stereocenters. The van der Waals surface area contributed by atoms with Crippen LogP contribution >= 0.6 is 15.9 Å². The van der Waals surface area contributed by atoms with Gasteiger partial charge in [-0.25, -0.2) is 0 Å². The minimum Gasteiger partial charge on any atom is -0.486 e. The van der Waals surface area contributed by atoms with E-state index in [1.807, 2.05) is 13.0 Å². The predicted molar refractivity (Wildman–Crippen MR) is 82.5 cm³/mol. The molecule has 1 aliphatic rings. The quantitative estimate of drug-likeness (QED) is 0.611. The lowest BCUT2D eigenvalue weighted by molar-refractivity contribution is 0.157. The van der Waals surface area contributed by atoms with Crippen LogP contribution < -0.4 is 14.8 Å². The molecule has 1 N–H and O–H groups in total. The number of fused-ring (bicyclic) bond motifs is 1. The van der Waals surface area contributed by atoms with Crippen molar-refractivity contribution in [3.05, 3.63) is 34.3 Å². The van der Waals surface area contributed by atoms with Crippen LogP contribution in [-0.4, -0.2) is 33.0 Å². The molecule has 0 saturated carbocycles. The summed E-state index contributed by atoms with van der Waals surface area (Å²) >= 11 is 3.52. The lowest BCUT2D eigenvalue weighted by Crippen LogP contribution is -2.20. The van der Waals surface area contributed by atoms with Gasteiger partial charge >= 0.3 is 0 Å². The Hall–Kier alpha value is -1.04. The number of nitrogens with one attached hydrogen (secondary N) is 1. The first-order valence-corrected chi connectivity index (χ1v) is 7.47. The van der Waals surface area contributed by atoms with Crippen LogP contribution in [0.25, 0.3) is 0 Å². The summed E-state index contributed by atoms with van der Waals surface area (Å²) in [7, 11) is 0. The van der Waals surface area contributed by atoms with Crippen LogP contribution in [0.4, 0.5) is 0 Å². The van der Waals surface area contributed by atoms with Crippen LogP contribution in [0.2, 0.25) is 0 Å². The zero-order valence-electron chi connectivity index (χ0n) is 11.7. The zero-order chi connectivity index (χ0) is 14.4. The number of hydrogen-bond donors (Lipinski definition) is 1. The standard InChI is InChI=1S/C15H20BrNO3/c1-11(2)10-18-4-3-17-9-12-7-13(16)15-14(8-12)19-5-6-20-15/h7-8,17H,1,3-6,9-10H2,2H3. The van der Waals surface area contributed by atoms with Gasteiger partial charge in [-0.1, -0.05) is 12.2 Å². The van der Waals surface area contributed by atoms with Gasteiger partial charge in [-0.3, -0.25) is 0 Å². The second-order valence-electron chi connectivity index (χ2n) is 4.79. The minimum atomic E-state index is 0.600. The van der Waals surface area contributed by atoms with Gasteiger partial charge in [0.1, 0.15) is 13.2 Å². The fourth-order valence-corrected chi connectivity index (χ4v) is 2.49. The summed E-state index contributed by atoms with van der Waals surface area (Å²) in [5.41, 5.74) is 2.20. The molecule has 110 valence electrons. The van der Waals surface area contributed by atoms with E-state index < -0.39 is 0 Å². The molecule has 20 heavy (non-hydrogen) atoms. The van der Waals surface area contributed by atoms with Gasteiger partial charge in [0.25, 0.3) is 0 Å². The van der Waals surface area contributed by atoms with Crippen molar-refractivity contribution in [3.8, 4) is 11.5 Å². The first-order valence-electron chi connectivity index (χ1n) is 6.67. The van der Waals surface area contributed by atoms with E-state index in [0.717, 1.165) is 40.2 Å². The van der Waals surface area contributed by atoms with Gasteiger partial charge in [-0.15, -0.1) is 0 Å². The SMILES string of the molecule is C=C(C)COCCNCc1cc(Br)c2c(c1)OCCO2. The Morgan fingerprint density at radius 3 is 3.00 bits per heavy atom. The van der Waals surface area contributed by atoms with Crippen molar-refractivity contribution in [1.29, 1.82) is 0 Å². The van der Waals surface area contributed by atoms with Gasteiger partial charge in [0.15, 0.2) is 11.5 Å². The smallest absolute Gasteiger partial charge is 0.175 e. The molecular formula is C15H20BrNO3. The maximum absolute atomic E-state index is 5.60. The van der Waals surface area contributed by atoms with Crippen LogP contribution in [0.1, 0.15) is 12.5 Å². The van der Waals surface area contributed by atoms with E-state index in [9.17, 15) is 0 Å². The van der Waals surface area contributed by atoms with E-state index in [1.54, 1.807) is 0 Å². The summed E-state index contributed by atoms with van der Waals surface area (Å²) < 4.78 is 17.5. The van der Waals surface area contributed by atoms with Gasteiger partial charge in [0, 0.05) is 13.1 Å². The minimum absolute atomic E-state index is 0.600. The number of hydrogen-bond acceptors (Lipinski definition) is 4. The molecule has 0 unspecified atom stereocenters. The third kappa shape index (κ3) is 4.51. The summed E-state index contributed by atoms with van der Waals surface area (Å²) in [6.07, 6.45) is 0. The van der Waals surface area contributed by atoms with E-state index in [1.165, 1.54) is 0 Å². The zero-order valence-corrected chi connectivity index (χ0v) is 13.3. The van der Waals surface area contributed by atoms with E-state index in [2.05, 4.69) is 33.9 Å². The number of halogens is 1. The van der Waals surface area contributed by atoms with Gasteiger partial charge in [0.2, 0.25) is 0 Å². The maximum Gasteiger partial charge on any atom is 0.175 e. The monoisotopic (exact) mass is 341 g/mol. The molecule has 0 aromatic heterocycles. The Morgan fingerprint density at radius 2 is 2.20 bits per heavy atom. The van der Waals surface area contributed by atoms with Gasteiger partial charge in [-0.05, 0) is 40.5 Å². The van der Waals surface area contributed by atoms with Crippen LogP contribution in [0.15, 0.2) is 28.8 Å². The molecule has 1 aromatic carbocycles. The molecule has 1 heterocycles. The third-order valence-corrected chi connectivity index (χ3v) is 3.35. The fraction of sp³-hybridized carbons (Fsp3) is 0.467. The van der Waals surface area contributed by atoms with Gasteiger partial charge in [-0.2, -0.15) is 0 Å². The third-order valence-electron chi connectivity index (χ3n) is 2.76. The molecule has 2 rings (SSSR count). The first kappa shape index (κ1) is 15.4. The van der Waals surface area contributed by atoms with Crippen molar-refractivity contribution < 1.29 is 14.2 Å². The predicted octanol–water partition coefficient (Wildman–Crippen LogP) is 2.90. The number of benzene rings is 1. The molecule has 0 amide bonds. The average molecular weight is 342 g/mol. The average Bonchev–Trinajstić information content (AvgIpc) is 2.42. The van der Waals surface area contributed by atoms with Crippen molar-refractivity contribution in [3.63, 3.8) is 0 Å². The van der Waals surface area contributed by atoms with Gasteiger partial charge in [0.05, 0.1) is 17.7 Å². The molecule has 0 radical (unpaired) electrons. The Bertz CT molecular complexity index is 476. The molecule has 0 fully saturated rings. The van der Waals surface area contributed by atoms with E-state index >= 15 is 0 Å². The highest BCUT2D eigenvalue weighted by atomic mass is 79.9. The largest absolute Gasteiger partial charge is 0.486 e. The van der Waals surface area contributed by atoms with Crippen LogP contribution in [0.5, 0.6) is 11.5 Å². The van der Waals surface area contributed by atoms with Crippen LogP contribution in [-0.2, 0) is 11.3 Å². The van der Waals surface area contributed by atoms with E-state index in [0.29, 0.717) is 26.4 Å². The van der Waals surface area contributed by atoms with Crippen molar-refractivity contribution >= 4 is 15.9 Å². The van der Waals surface area contributed by atoms with Crippen molar-refractivity contribution in [2.45, 2.75) is 13.5 Å². The lowest BCUT2D eigenvalue weighted by atomic mass is 10.2. The molecule has 1 aromatic rings. The molecular weight excluding hydrogens is 322 g/mol. The molecule has 1 aliphatic heterocycles. The topological polar surface area (TPSA) is 39.7 Å². The summed E-state index contributed by atoms with van der Waals surface area (Å²) in [5.74, 6) is 1.60. The van der Waals surface area contributed by atoms with Crippen LogP contribution in [0, 0.1) is 0 Å². The molecule has 0 bridgehead atoms. The van der Waals surface area contributed by atoms with Crippen molar-refractivity contribution in [1.82, 2.24) is 5.32 Å². The van der Waals surface area contributed by atoms with Crippen LogP contribution in [0.3, 0.4) is 0 Å². The highest BCUT2D eigenvalue weighted by Gasteiger charge is 2.15. The van der Waals surface area contributed by atoms with E-state index in [-0.39, 0.29) is 0 Å². The lowest BCUT2D eigenvalue weighted by Gasteiger charge is -2.20. The highest BCUT2D eigenvalue weighted by Crippen LogP contribution is 2.38. The highest BCUT2D eigenvalue weighted by molar-refractivity contribution is 9.10. The Balaban J connectivity index is 1.78. The maximum atomic E-state index is 5.60. The van der Waals surface area contributed by atoms with Crippen molar-refractivity contribution in [2.75, 3.05) is 33.0 Å². The first-order chi connectivity index (χ1) is 9.66. The second-order valence-corrected chi connectivity index (χ2v) is 5.64. The Morgan fingerprint density at radius 1 is 1.40 bits per heavy atom. The summed E-state index contributed by atoms with van der Waals surface area (Å²) in [6.45, 7) is 9.83. The number of ether oxygens (including phenoxy) is 3. The Kier molecular flexibility index (Phi) is 5.88.